The predicted octanol–water partition coefficient (Wildman–Crippen LogP) is 4.65. The van der Waals surface area contributed by atoms with E-state index in [1.165, 1.54) is 6.07 Å². The molecule has 0 saturated carbocycles. The Balaban J connectivity index is 2.02. The Labute approximate surface area is 127 Å². The maximum atomic E-state index is 13.0. The van der Waals surface area contributed by atoms with Gasteiger partial charge in [0.25, 0.3) is 0 Å². The van der Waals surface area contributed by atoms with Crippen LogP contribution in [-0.4, -0.2) is 10.9 Å². The van der Waals surface area contributed by atoms with Crippen LogP contribution < -0.4 is 4.74 Å². The minimum absolute atomic E-state index is 0.0817. The topological polar surface area (TPSA) is 41.8 Å². The Morgan fingerprint density at radius 3 is 2.52 bits per heavy atom. The Kier molecular flexibility index (Phi) is 5.17. The van der Waals surface area contributed by atoms with Crippen LogP contribution in [0.2, 0.25) is 5.02 Å². The summed E-state index contributed by atoms with van der Waals surface area (Å²) in [5, 5.41) is 12.2. The molecule has 0 aliphatic rings. The maximum absolute atomic E-state index is 13.0. The van der Waals surface area contributed by atoms with E-state index in [-0.39, 0.29) is 5.02 Å². The van der Waals surface area contributed by atoms with Crippen LogP contribution in [0.1, 0.15) is 24.5 Å². The first-order chi connectivity index (χ1) is 10.1. The normalized spacial score (nSPS) is 11.5. The Hall–Kier alpha value is -2.07. The number of halogens is 2. The Bertz CT molecular complexity index is 641. The van der Waals surface area contributed by atoms with Gasteiger partial charge in [0.2, 0.25) is 0 Å². The van der Waals surface area contributed by atoms with Gasteiger partial charge in [0.1, 0.15) is 18.2 Å². The molecule has 110 valence electrons. The zero-order valence-corrected chi connectivity index (χ0v) is 12.3. The van der Waals surface area contributed by atoms with Gasteiger partial charge in [-0.2, -0.15) is 0 Å². The molecular formula is C16H15ClFNO2. The van der Waals surface area contributed by atoms with Crippen LogP contribution in [0.5, 0.6) is 5.75 Å². The molecule has 1 N–H and O–H groups in total. The van der Waals surface area contributed by atoms with Gasteiger partial charge >= 0.3 is 0 Å². The summed E-state index contributed by atoms with van der Waals surface area (Å²) >= 11 is 5.72. The van der Waals surface area contributed by atoms with Crippen molar-refractivity contribution >= 4 is 17.3 Å². The lowest BCUT2D eigenvalue weighted by Gasteiger charge is -2.08. The van der Waals surface area contributed by atoms with E-state index in [2.05, 4.69) is 5.16 Å². The molecule has 5 heteroatoms. The molecule has 0 amide bonds. The van der Waals surface area contributed by atoms with E-state index in [9.17, 15) is 4.39 Å². The molecule has 3 nitrogen and oxygen atoms in total. The van der Waals surface area contributed by atoms with Crippen molar-refractivity contribution in [2.75, 3.05) is 0 Å². The van der Waals surface area contributed by atoms with Crippen molar-refractivity contribution in [3.63, 3.8) is 0 Å². The Morgan fingerprint density at radius 2 is 1.95 bits per heavy atom. The number of nitrogens with zero attached hydrogens (tertiary/aromatic N) is 1. The van der Waals surface area contributed by atoms with Crippen molar-refractivity contribution in [2.24, 2.45) is 5.16 Å². The smallest absolute Gasteiger partial charge is 0.141 e. The second kappa shape index (κ2) is 7.09. The highest BCUT2D eigenvalue weighted by molar-refractivity contribution is 6.30. The van der Waals surface area contributed by atoms with Crippen LogP contribution in [-0.2, 0) is 6.61 Å². The fourth-order valence-corrected chi connectivity index (χ4v) is 2.08. The number of rotatable bonds is 5. The van der Waals surface area contributed by atoms with Crippen molar-refractivity contribution in [3.8, 4) is 5.75 Å². The van der Waals surface area contributed by atoms with Crippen LogP contribution in [0, 0.1) is 5.82 Å². The molecule has 0 bridgehead atoms. The largest absolute Gasteiger partial charge is 0.489 e. The van der Waals surface area contributed by atoms with Gasteiger partial charge < -0.3 is 9.94 Å². The minimum Gasteiger partial charge on any atom is -0.489 e. The van der Waals surface area contributed by atoms with Gasteiger partial charge in [-0.1, -0.05) is 29.7 Å². The summed E-state index contributed by atoms with van der Waals surface area (Å²) in [6.07, 6.45) is 0.644. The fraction of sp³-hybridized carbons (Fsp3) is 0.188. The average molecular weight is 308 g/mol. The van der Waals surface area contributed by atoms with E-state index in [1.54, 1.807) is 24.3 Å². The summed E-state index contributed by atoms with van der Waals surface area (Å²) in [4.78, 5) is 0. The van der Waals surface area contributed by atoms with Gasteiger partial charge in [0.05, 0.1) is 10.7 Å². The highest BCUT2D eigenvalue weighted by atomic mass is 35.5. The molecule has 2 rings (SSSR count). The number of hydrogen-bond acceptors (Lipinski definition) is 3. The molecular weight excluding hydrogens is 293 g/mol. The molecule has 0 spiro atoms. The molecule has 0 unspecified atom stereocenters. The summed E-state index contributed by atoms with van der Waals surface area (Å²) in [5.41, 5.74) is 2.25. The monoisotopic (exact) mass is 307 g/mol. The first kappa shape index (κ1) is 15.3. The lowest BCUT2D eigenvalue weighted by atomic mass is 10.1. The number of oxime groups is 1. The van der Waals surface area contributed by atoms with E-state index in [0.29, 0.717) is 24.5 Å². The zero-order valence-electron chi connectivity index (χ0n) is 11.5. The van der Waals surface area contributed by atoms with E-state index >= 15 is 0 Å². The maximum Gasteiger partial charge on any atom is 0.141 e. The van der Waals surface area contributed by atoms with E-state index in [1.807, 2.05) is 19.1 Å². The van der Waals surface area contributed by atoms with Crippen LogP contribution in [0.4, 0.5) is 4.39 Å². The predicted molar refractivity (Wildman–Crippen MR) is 80.8 cm³/mol. The number of hydrogen-bond donors (Lipinski definition) is 1. The first-order valence-electron chi connectivity index (χ1n) is 6.52. The first-order valence-corrected chi connectivity index (χ1v) is 6.90. The quantitative estimate of drug-likeness (QED) is 0.496. The molecule has 21 heavy (non-hydrogen) atoms. The average Bonchev–Trinajstić information content (AvgIpc) is 2.51. The van der Waals surface area contributed by atoms with E-state index < -0.39 is 5.82 Å². The van der Waals surface area contributed by atoms with Crippen LogP contribution in [0.25, 0.3) is 0 Å². The fourth-order valence-electron chi connectivity index (χ4n) is 1.87. The van der Waals surface area contributed by atoms with Crippen molar-refractivity contribution in [1.29, 1.82) is 0 Å². The van der Waals surface area contributed by atoms with Crippen molar-refractivity contribution in [3.05, 3.63) is 64.4 Å². The van der Waals surface area contributed by atoms with Gasteiger partial charge in [-0.3, -0.25) is 0 Å². The summed E-state index contributed by atoms with van der Waals surface area (Å²) in [5.74, 6) is 0.229. The highest BCUT2D eigenvalue weighted by Gasteiger charge is 2.04. The van der Waals surface area contributed by atoms with Crippen molar-refractivity contribution in [2.45, 2.75) is 20.0 Å². The minimum atomic E-state index is -0.444. The van der Waals surface area contributed by atoms with Gasteiger partial charge in [0.15, 0.2) is 0 Å². The second-order valence-electron chi connectivity index (χ2n) is 4.46. The molecule has 0 aliphatic heterocycles. The molecule has 0 aliphatic carbocycles. The standard InChI is InChI=1S/C16H15ClFNO2/c1-2-16(19-20)12-4-6-13(7-5-12)21-10-11-3-8-15(18)14(17)9-11/h3-9,20H,2,10H2,1H3/b19-16-. The molecule has 2 aromatic carbocycles. The second-order valence-corrected chi connectivity index (χ2v) is 4.87. The molecule has 0 atom stereocenters. The van der Waals surface area contributed by atoms with Crippen LogP contribution >= 0.6 is 11.6 Å². The molecule has 0 aromatic heterocycles. The Morgan fingerprint density at radius 1 is 1.24 bits per heavy atom. The summed E-state index contributed by atoms with van der Waals surface area (Å²) in [6.45, 7) is 2.21. The van der Waals surface area contributed by atoms with Crippen molar-refractivity contribution < 1.29 is 14.3 Å². The lowest BCUT2D eigenvalue weighted by Crippen LogP contribution is -2.00. The zero-order chi connectivity index (χ0) is 15.2. The van der Waals surface area contributed by atoms with Crippen LogP contribution in [0.3, 0.4) is 0 Å². The molecule has 0 fully saturated rings. The third-order valence-corrected chi connectivity index (χ3v) is 3.32. The molecule has 0 radical (unpaired) electrons. The summed E-state index contributed by atoms with van der Waals surface area (Å²) in [7, 11) is 0. The van der Waals surface area contributed by atoms with E-state index in [0.717, 1.165) is 11.1 Å². The van der Waals surface area contributed by atoms with E-state index in [4.69, 9.17) is 21.5 Å². The van der Waals surface area contributed by atoms with Gasteiger partial charge in [-0.15, -0.1) is 0 Å². The van der Waals surface area contributed by atoms with Gasteiger partial charge in [-0.25, -0.2) is 4.39 Å². The third-order valence-electron chi connectivity index (χ3n) is 3.03. The van der Waals surface area contributed by atoms with Gasteiger partial charge in [-0.05, 0) is 53.9 Å². The molecule has 2 aromatic rings. The molecule has 0 saturated heterocycles. The van der Waals surface area contributed by atoms with Crippen LogP contribution in [0.15, 0.2) is 47.6 Å². The van der Waals surface area contributed by atoms with Gasteiger partial charge in [0, 0.05) is 0 Å². The number of benzene rings is 2. The summed E-state index contributed by atoms with van der Waals surface area (Å²) in [6, 6.07) is 11.7. The summed E-state index contributed by atoms with van der Waals surface area (Å²) < 4.78 is 18.7. The van der Waals surface area contributed by atoms with Crippen molar-refractivity contribution in [1.82, 2.24) is 0 Å². The number of ether oxygens (including phenoxy) is 1. The molecule has 0 heterocycles. The SMILES string of the molecule is CC/C(=N/O)c1ccc(OCc2ccc(F)c(Cl)c2)cc1. The third kappa shape index (κ3) is 3.95. The lowest BCUT2D eigenvalue weighted by molar-refractivity contribution is 0.306. The highest BCUT2D eigenvalue weighted by Crippen LogP contribution is 2.19.